The maximum absolute atomic E-state index is 12.7. The summed E-state index contributed by atoms with van der Waals surface area (Å²) in [6, 6.07) is 6.13. The number of carbonyl (C=O) groups excluding carboxylic acids is 2. The summed E-state index contributed by atoms with van der Waals surface area (Å²) in [5, 5.41) is 3.06. The molecular weight excluding hydrogens is 392 g/mol. The minimum Gasteiger partial charge on any atom is -0.437 e. The summed E-state index contributed by atoms with van der Waals surface area (Å²) in [6.45, 7) is 3.69. The summed E-state index contributed by atoms with van der Waals surface area (Å²) in [7, 11) is 0. The molecule has 0 unspecified atom stereocenters. The van der Waals surface area contributed by atoms with Crippen LogP contribution in [0.15, 0.2) is 30.6 Å². The normalized spacial score (nSPS) is 18.6. The molecule has 1 saturated carbocycles. The summed E-state index contributed by atoms with van der Waals surface area (Å²) in [5.74, 6) is 1.98. The first-order valence-electron chi connectivity index (χ1n) is 10.9. The summed E-state index contributed by atoms with van der Waals surface area (Å²) in [6.07, 6.45) is 8.06. The third kappa shape index (κ3) is 4.04. The molecule has 2 aromatic heterocycles. The van der Waals surface area contributed by atoms with Crippen LogP contribution in [0.2, 0.25) is 0 Å². The molecule has 3 aromatic rings. The third-order valence-electron chi connectivity index (χ3n) is 6.36. The zero-order valence-corrected chi connectivity index (χ0v) is 17.8. The van der Waals surface area contributed by atoms with Gasteiger partial charge in [0.2, 0.25) is 5.88 Å². The Hall–Kier alpha value is -3.22. The largest absolute Gasteiger partial charge is 0.437 e. The van der Waals surface area contributed by atoms with Gasteiger partial charge in [0.1, 0.15) is 17.0 Å². The number of Topliss-reactive ketones (excluding diaryl/α,β-unsaturated/α-hetero) is 1. The smallest absolute Gasteiger partial charge is 0.255 e. The number of ketones is 1. The van der Waals surface area contributed by atoms with Gasteiger partial charge < -0.3 is 19.8 Å². The van der Waals surface area contributed by atoms with Crippen LogP contribution in [0.3, 0.4) is 0 Å². The molecule has 2 heterocycles. The number of fused-ring (bicyclic) bond motifs is 2. The van der Waals surface area contributed by atoms with Crippen LogP contribution >= 0.6 is 0 Å². The molecule has 7 nitrogen and oxygen atoms in total. The number of ether oxygens (including phenoxy) is 1. The van der Waals surface area contributed by atoms with E-state index in [1.807, 2.05) is 25.1 Å². The van der Waals surface area contributed by atoms with Crippen molar-refractivity contribution in [3.05, 3.63) is 47.3 Å². The quantitative estimate of drug-likeness (QED) is 0.597. The molecule has 0 saturated heterocycles. The highest BCUT2D eigenvalue weighted by molar-refractivity contribution is 6.04. The second kappa shape index (κ2) is 7.80. The fraction of sp³-hybridized carbons (Fsp3) is 0.417. The van der Waals surface area contributed by atoms with E-state index in [2.05, 4.69) is 20.3 Å². The molecule has 1 aromatic carbocycles. The van der Waals surface area contributed by atoms with Gasteiger partial charge in [-0.25, -0.2) is 9.97 Å². The van der Waals surface area contributed by atoms with Crippen LogP contribution in [0.25, 0.3) is 11.2 Å². The number of benzene rings is 1. The summed E-state index contributed by atoms with van der Waals surface area (Å²) in [5.41, 5.74) is 3.98. The Balaban J connectivity index is 1.35. The van der Waals surface area contributed by atoms with Crippen LogP contribution in [0.4, 0.5) is 0 Å². The van der Waals surface area contributed by atoms with Gasteiger partial charge in [-0.3, -0.25) is 4.79 Å². The Kier molecular flexibility index (Phi) is 4.96. The first kappa shape index (κ1) is 19.7. The van der Waals surface area contributed by atoms with Crippen molar-refractivity contribution >= 4 is 22.9 Å². The highest BCUT2D eigenvalue weighted by atomic mass is 16.5. The van der Waals surface area contributed by atoms with Crippen LogP contribution in [-0.4, -0.2) is 32.7 Å². The Bertz CT molecular complexity index is 1160. The molecule has 160 valence electrons. The van der Waals surface area contributed by atoms with E-state index in [0.29, 0.717) is 46.6 Å². The Morgan fingerprint density at radius 3 is 2.90 bits per heavy atom. The van der Waals surface area contributed by atoms with Crippen molar-refractivity contribution in [1.82, 2.24) is 20.3 Å². The minimum absolute atomic E-state index is 0.147. The lowest BCUT2D eigenvalue weighted by molar-refractivity contribution is -0.117. The van der Waals surface area contributed by atoms with E-state index in [4.69, 9.17) is 4.74 Å². The van der Waals surface area contributed by atoms with Gasteiger partial charge in [0.25, 0.3) is 5.91 Å². The van der Waals surface area contributed by atoms with Crippen molar-refractivity contribution in [3.8, 4) is 11.6 Å². The fourth-order valence-corrected chi connectivity index (χ4v) is 4.52. The van der Waals surface area contributed by atoms with Gasteiger partial charge in [-0.2, -0.15) is 0 Å². The van der Waals surface area contributed by atoms with Crippen molar-refractivity contribution in [2.24, 2.45) is 5.92 Å². The molecule has 5 rings (SSSR count). The topological polar surface area (TPSA) is 97.0 Å². The average molecular weight is 418 g/mol. The highest BCUT2D eigenvalue weighted by Gasteiger charge is 2.30. The second-order valence-electron chi connectivity index (χ2n) is 8.81. The zero-order chi connectivity index (χ0) is 21.5. The number of nitrogens with zero attached hydrogens (tertiary/aromatic N) is 2. The first-order valence-corrected chi connectivity index (χ1v) is 10.9. The molecule has 2 atom stereocenters. The number of rotatable bonds is 7. The number of aromatic amines is 1. The molecule has 2 aliphatic rings. The van der Waals surface area contributed by atoms with E-state index in [9.17, 15) is 9.59 Å². The molecule has 31 heavy (non-hydrogen) atoms. The molecule has 1 amide bonds. The molecule has 0 aliphatic heterocycles. The van der Waals surface area contributed by atoms with Gasteiger partial charge in [0, 0.05) is 18.7 Å². The average Bonchev–Trinajstić information content (AvgIpc) is 3.40. The molecule has 2 N–H and O–H groups in total. The van der Waals surface area contributed by atoms with Crippen molar-refractivity contribution in [3.63, 3.8) is 0 Å². The number of aromatic nitrogens is 3. The summed E-state index contributed by atoms with van der Waals surface area (Å²) in [4.78, 5) is 36.1. The van der Waals surface area contributed by atoms with Crippen molar-refractivity contribution in [2.45, 2.75) is 57.9 Å². The highest BCUT2D eigenvalue weighted by Crippen LogP contribution is 2.38. The first-order chi connectivity index (χ1) is 15.0. The lowest BCUT2D eigenvalue weighted by Gasteiger charge is -2.12. The fourth-order valence-electron chi connectivity index (χ4n) is 4.52. The Morgan fingerprint density at radius 1 is 1.29 bits per heavy atom. The third-order valence-corrected chi connectivity index (χ3v) is 6.36. The molecule has 7 heteroatoms. The number of aryl methyl sites for hydroxylation is 1. The molecule has 0 spiro atoms. The maximum Gasteiger partial charge on any atom is 0.255 e. The molecular formula is C24H26N4O3. The predicted molar refractivity (Wildman–Crippen MR) is 116 cm³/mol. The van der Waals surface area contributed by atoms with Crippen LogP contribution in [0.1, 0.15) is 66.9 Å². The van der Waals surface area contributed by atoms with Gasteiger partial charge >= 0.3 is 0 Å². The van der Waals surface area contributed by atoms with E-state index < -0.39 is 0 Å². The van der Waals surface area contributed by atoms with Crippen LogP contribution < -0.4 is 10.1 Å². The lowest BCUT2D eigenvalue weighted by Crippen LogP contribution is -2.33. The number of amides is 1. The summed E-state index contributed by atoms with van der Waals surface area (Å²) < 4.78 is 5.98. The van der Waals surface area contributed by atoms with Gasteiger partial charge in [0.05, 0.1) is 11.8 Å². The molecule has 2 aliphatic carbocycles. The van der Waals surface area contributed by atoms with Crippen molar-refractivity contribution in [1.29, 1.82) is 0 Å². The van der Waals surface area contributed by atoms with Crippen molar-refractivity contribution < 1.29 is 14.3 Å². The monoisotopic (exact) mass is 418 g/mol. The van der Waals surface area contributed by atoms with Crippen LogP contribution in [-0.2, 0) is 11.2 Å². The molecule has 0 bridgehead atoms. The number of hydrogen-bond acceptors (Lipinski definition) is 5. The number of hydrogen-bond donors (Lipinski definition) is 2. The Labute approximate surface area is 180 Å². The molecule has 1 fully saturated rings. The van der Waals surface area contributed by atoms with Gasteiger partial charge in [-0.05, 0) is 74.6 Å². The second-order valence-corrected chi connectivity index (χ2v) is 8.81. The summed E-state index contributed by atoms with van der Waals surface area (Å²) >= 11 is 0. The van der Waals surface area contributed by atoms with E-state index in [0.717, 1.165) is 12.8 Å². The van der Waals surface area contributed by atoms with Crippen LogP contribution in [0.5, 0.6) is 11.6 Å². The standard InChI is InChI=1S/C24H26N4O3/c1-13(29)9-16-5-6-17-10-18(7-8-19(16)17)31-21-12-26-23-22(28-21)20(11-25-23)24(30)27-14(2)15-3-4-15/h7-8,10-12,14-16H,3-6,9H2,1-2H3,(H,25,26)(H,27,30)/t14-,16-/m0/s1. The van der Waals surface area contributed by atoms with E-state index >= 15 is 0 Å². The van der Waals surface area contributed by atoms with Gasteiger partial charge in [0.15, 0.2) is 5.65 Å². The minimum atomic E-state index is -0.147. The number of H-pyrrole nitrogens is 1. The maximum atomic E-state index is 12.7. The van der Waals surface area contributed by atoms with E-state index in [-0.39, 0.29) is 17.7 Å². The zero-order valence-electron chi connectivity index (χ0n) is 17.8. The number of carbonyl (C=O) groups is 2. The number of nitrogens with one attached hydrogen (secondary N) is 2. The lowest BCUT2D eigenvalue weighted by atomic mass is 9.96. The van der Waals surface area contributed by atoms with Crippen LogP contribution in [0, 0.1) is 5.92 Å². The predicted octanol–water partition coefficient (Wildman–Crippen LogP) is 4.29. The SMILES string of the molecule is CC(=O)C[C@@H]1CCc2cc(Oc3cnc4[nH]cc(C(=O)N[C@@H](C)C5CC5)c4n3)ccc21. The van der Waals surface area contributed by atoms with E-state index in [1.165, 1.54) is 24.0 Å². The van der Waals surface area contributed by atoms with E-state index in [1.54, 1.807) is 19.3 Å². The Morgan fingerprint density at radius 2 is 2.13 bits per heavy atom. The van der Waals surface area contributed by atoms with Gasteiger partial charge in [-0.15, -0.1) is 0 Å². The van der Waals surface area contributed by atoms with Gasteiger partial charge in [-0.1, -0.05) is 6.07 Å². The van der Waals surface area contributed by atoms with Crippen molar-refractivity contribution in [2.75, 3.05) is 0 Å². The molecule has 0 radical (unpaired) electrons.